The fourth-order valence-electron chi connectivity index (χ4n) is 1.90. The number of aromatic nitrogens is 2. The second-order valence-electron chi connectivity index (χ2n) is 5.13. The second-order valence-corrected chi connectivity index (χ2v) is 5.13. The lowest BCUT2D eigenvalue weighted by Crippen LogP contribution is -2.30. The number of hydrogen-bond acceptors (Lipinski definition) is 5. The molecule has 0 atom stereocenters. The topological polar surface area (TPSA) is 75.3 Å². The van der Waals surface area contributed by atoms with Crippen LogP contribution in [0.4, 0.5) is 11.6 Å². The van der Waals surface area contributed by atoms with Gasteiger partial charge in [0.1, 0.15) is 17.5 Å². The van der Waals surface area contributed by atoms with Gasteiger partial charge in [-0.15, -0.1) is 0 Å². The molecule has 0 spiro atoms. The molecule has 19 heavy (non-hydrogen) atoms. The Labute approximate surface area is 115 Å². The minimum absolute atomic E-state index is 0.115. The molecule has 0 amide bonds. The molecule has 0 aliphatic heterocycles. The molecule has 5 nitrogen and oxygen atoms in total. The molecule has 108 valence electrons. The standard InChI is InChI=1S/C14H26N4O/c1-5-6-7-18(8-9-19)14-11(4)12(15)16-13(17-14)10(2)3/h10,19H,5-9H2,1-4H3,(H2,15,16,17). The van der Waals surface area contributed by atoms with E-state index in [2.05, 4.69) is 35.6 Å². The number of nitrogen functional groups attached to an aromatic ring is 1. The highest BCUT2D eigenvalue weighted by Gasteiger charge is 2.16. The molecule has 1 heterocycles. The molecule has 5 heteroatoms. The van der Waals surface area contributed by atoms with E-state index >= 15 is 0 Å². The van der Waals surface area contributed by atoms with Crippen molar-refractivity contribution in [3.8, 4) is 0 Å². The smallest absolute Gasteiger partial charge is 0.137 e. The third-order valence-electron chi connectivity index (χ3n) is 3.14. The summed E-state index contributed by atoms with van der Waals surface area (Å²) in [7, 11) is 0. The zero-order valence-corrected chi connectivity index (χ0v) is 12.5. The number of aliphatic hydroxyl groups excluding tert-OH is 1. The van der Waals surface area contributed by atoms with E-state index in [0.29, 0.717) is 12.4 Å². The summed E-state index contributed by atoms with van der Waals surface area (Å²) in [5.41, 5.74) is 6.88. The molecule has 0 fully saturated rings. The molecule has 0 saturated carbocycles. The average molecular weight is 266 g/mol. The molecular weight excluding hydrogens is 240 g/mol. The lowest BCUT2D eigenvalue weighted by Gasteiger charge is -2.25. The molecule has 0 aliphatic carbocycles. The van der Waals surface area contributed by atoms with Crippen LogP contribution in [0.5, 0.6) is 0 Å². The van der Waals surface area contributed by atoms with E-state index < -0.39 is 0 Å². The minimum atomic E-state index is 0.115. The predicted molar refractivity (Wildman–Crippen MR) is 79.5 cm³/mol. The van der Waals surface area contributed by atoms with E-state index in [1.54, 1.807) is 0 Å². The van der Waals surface area contributed by atoms with Gasteiger partial charge in [-0.1, -0.05) is 27.2 Å². The number of aliphatic hydroxyl groups is 1. The Kier molecular flexibility index (Phi) is 6.02. The molecule has 1 aromatic rings. The maximum atomic E-state index is 9.22. The Hall–Kier alpha value is -1.36. The molecule has 1 aromatic heterocycles. The SMILES string of the molecule is CCCCN(CCO)c1nc(C(C)C)nc(N)c1C. The number of nitrogens with two attached hydrogens (primary N) is 1. The molecule has 3 N–H and O–H groups in total. The first kappa shape index (κ1) is 15.7. The Morgan fingerprint density at radius 3 is 2.47 bits per heavy atom. The van der Waals surface area contributed by atoms with E-state index in [-0.39, 0.29) is 12.5 Å². The average Bonchev–Trinajstić information content (AvgIpc) is 2.37. The lowest BCUT2D eigenvalue weighted by molar-refractivity contribution is 0.301. The number of nitrogens with zero attached hydrogens (tertiary/aromatic N) is 3. The van der Waals surface area contributed by atoms with Crippen LogP contribution in [0.25, 0.3) is 0 Å². The highest BCUT2D eigenvalue weighted by atomic mass is 16.3. The van der Waals surface area contributed by atoms with Gasteiger partial charge in [0.15, 0.2) is 0 Å². The van der Waals surface area contributed by atoms with Crippen LogP contribution < -0.4 is 10.6 Å². The van der Waals surface area contributed by atoms with Crippen molar-refractivity contribution < 1.29 is 5.11 Å². The van der Waals surface area contributed by atoms with Gasteiger partial charge in [-0.2, -0.15) is 0 Å². The van der Waals surface area contributed by atoms with Crippen molar-refractivity contribution >= 4 is 11.6 Å². The number of unbranched alkanes of at least 4 members (excludes halogenated alkanes) is 1. The molecule has 0 aromatic carbocycles. The summed E-state index contributed by atoms with van der Waals surface area (Å²) in [6.07, 6.45) is 2.18. The Balaban J connectivity index is 3.12. The van der Waals surface area contributed by atoms with Crippen molar-refractivity contribution in [1.29, 1.82) is 0 Å². The maximum absolute atomic E-state index is 9.22. The van der Waals surface area contributed by atoms with Crippen molar-refractivity contribution in [3.63, 3.8) is 0 Å². The van der Waals surface area contributed by atoms with Crippen LogP contribution >= 0.6 is 0 Å². The molecule has 0 radical (unpaired) electrons. The van der Waals surface area contributed by atoms with Crippen LogP contribution in [0, 0.1) is 6.92 Å². The van der Waals surface area contributed by atoms with E-state index in [1.165, 1.54) is 0 Å². The predicted octanol–water partition coefficient (Wildman–Crippen LogP) is 2.09. The number of hydrogen-bond donors (Lipinski definition) is 2. The normalized spacial score (nSPS) is 11.1. The first-order valence-electron chi connectivity index (χ1n) is 7.01. The molecule has 0 aliphatic rings. The van der Waals surface area contributed by atoms with Gasteiger partial charge in [-0.25, -0.2) is 9.97 Å². The van der Waals surface area contributed by atoms with Crippen LogP contribution in [-0.4, -0.2) is 34.8 Å². The minimum Gasteiger partial charge on any atom is -0.395 e. The summed E-state index contributed by atoms with van der Waals surface area (Å²) in [4.78, 5) is 11.1. The fraction of sp³-hybridized carbons (Fsp3) is 0.714. The molecule has 0 bridgehead atoms. The van der Waals surface area contributed by atoms with Gasteiger partial charge in [-0.3, -0.25) is 0 Å². The first-order chi connectivity index (χ1) is 9.01. The highest BCUT2D eigenvalue weighted by Crippen LogP contribution is 2.24. The van der Waals surface area contributed by atoms with Crippen molar-refractivity contribution in [1.82, 2.24) is 9.97 Å². The molecule has 0 unspecified atom stereocenters. The summed E-state index contributed by atoms with van der Waals surface area (Å²) >= 11 is 0. The summed E-state index contributed by atoms with van der Waals surface area (Å²) < 4.78 is 0. The Morgan fingerprint density at radius 1 is 1.26 bits per heavy atom. The molecule has 1 rings (SSSR count). The largest absolute Gasteiger partial charge is 0.395 e. The summed E-state index contributed by atoms with van der Waals surface area (Å²) in [6.45, 7) is 9.76. The van der Waals surface area contributed by atoms with Gasteiger partial charge in [-0.05, 0) is 13.3 Å². The zero-order valence-electron chi connectivity index (χ0n) is 12.5. The van der Waals surface area contributed by atoms with Crippen LogP contribution in [0.15, 0.2) is 0 Å². The van der Waals surface area contributed by atoms with Gasteiger partial charge in [0.05, 0.1) is 6.61 Å². The fourth-order valence-corrected chi connectivity index (χ4v) is 1.90. The van der Waals surface area contributed by atoms with Gasteiger partial charge in [0.25, 0.3) is 0 Å². The lowest BCUT2D eigenvalue weighted by atomic mass is 10.2. The number of anilines is 2. The van der Waals surface area contributed by atoms with E-state index in [1.807, 2.05) is 6.92 Å². The van der Waals surface area contributed by atoms with Gasteiger partial charge < -0.3 is 15.7 Å². The van der Waals surface area contributed by atoms with Gasteiger partial charge >= 0.3 is 0 Å². The van der Waals surface area contributed by atoms with Crippen molar-refractivity contribution in [2.24, 2.45) is 0 Å². The summed E-state index contributed by atoms with van der Waals surface area (Å²) in [6, 6.07) is 0. The maximum Gasteiger partial charge on any atom is 0.137 e. The van der Waals surface area contributed by atoms with Gasteiger partial charge in [0, 0.05) is 24.6 Å². The van der Waals surface area contributed by atoms with E-state index in [4.69, 9.17) is 5.73 Å². The highest BCUT2D eigenvalue weighted by molar-refractivity contribution is 5.56. The van der Waals surface area contributed by atoms with Crippen molar-refractivity contribution in [2.75, 3.05) is 30.3 Å². The number of rotatable bonds is 7. The van der Waals surface area contributed by atoms with Crippen LogP contribution in [0.2, 0.25) is 0 Å². The molecule has 0 saturated heterocycles. The molecular formula is C14H26N4O. The monoisotopic (exact) mass is 266 g/mol. The van der Waals surface area contributed by atoms with E-state index in [9.17, 15) is 5.11 Å². The second kappa shape index (κ2) is 7.28. The summed E-state index contributed by atoms with van der Waals surface area (Å²) in [5.74, 6) is 2.40. The first-order valence-corrected chi connectivity index (χ1v) is 7.01. The Bertz CT molecular complexity index is 407. The summed E-state index contributed by atoms with van der Waals surface area (Å²) in [5, 5.41) is 9.22. The Morgan fingerprint density at radius 2 is 1.95 bits per heavy atom. The van der Waals surface area contributed by atoms with Crippen LogP contribution in [0.3, 0.4) is 0 Å². The van der Waals surface area contributed by atoms with Crippen LogP contribution in [-0.2, 0) is 0 Å². The quantitative estimate of drug-likeness (QED) is 0.790. The van der Waals surface area contributed by atoms with Gasteiger partial charge in [0.2, 0.25) is 0 Å². The van der Waals surface area contributed by atoms with E-state index in [0.717, 1.165) is 36.6 Å². The van der Waals surface area contributed by atoms with Crippen LogP contribution in [0.1, 0.15) is 50.9 Å². The third-order valence-corrected chi connectivity index (χ3v) is 3.14. The third kappa shape index (κ3) is 4.06. The van der Waals surface area contributed by atoms with Crippen molar-refractivity contribution in [2.45, 2.75) is 46.5 Å². The van der Waals surface area contributed by atoms with Crippen molar-refractivity contribution in [3.05, 3.63) is 11.4 Å². The zero-order chi connectivity index (χ0) is 14.4.